The molecule has 0 spiro atoms. The molecule has 2 saturated heterocycles. The minimum absolute atomic E-state index is 0.0601. The van der Waals surface area contributed by atoms with E-state index < -0.39 is 0 Å². The van der Waals surface area contributed by atoms with Crippen LogP contribution in [0.3, 0.4) is 0 Å². The van der Waals surface area contributed by atoms with Crippen molar-refractivity contribution in [1.29, 1.82) is 0 Å². The van der Waals surface area contributed by atoms with Gasteiger partial charge in [0.15, 0.2) is 0 Å². The van der Waals surface area contributed by atoms with Gasteiger partial charge in [0, 0.05) is 41.1 Å². The van der Waals surface area contributed by atoms with Gasteiger partial charge in [-0.3, -0.25) is 9.59 Å². The van der Waals surface area contributed by atoms with E-state index in [-0.39, 0.29) is 11.8 Å². The van der Waals surface area contributed by atoms with E-state index in [4.69, 9.17) is 21.1 Å². The van der Waals surface area contributed by atoms with Gasteiger partial charge in [-0.25, -0.2) is 0 Å². The molecule has 0 aliphatic carbocycles. The van der Waals surface area contributed by atoms with Gasteiger partial charge >= 0.3 is 0 Å². The van der Waals surface area contributed by atoms with E-state index in [0.717, 1.165) is 54.0 Å². The smallest absolute Gasteiger partial charge is 0.270 e. The molecule has 2 fully saturated rings. The zero-order valence-electron chi connectivity index (χ0n) is 26.4. The molecule has 238 valence electrons. The maximum absolute atomic E-state index is 14.4. The van der Waals surface area contributed by atoms with Crippen LogP contribution in [0.2, 0.25) is 5.02 Å². The number of hydrogen-bond acceptors (Lipinski definition) is 5. The van der Waals surface area contributed by atoms with Crippen molar-refractivity contribution in [3.05, 3.63) is 100 Å². The lowest BCUT2D eigenvalue weighted by atomic mass is 10.0. The fourth-order valence-electron chi connectivity index (χ4n) is 7.28. The third kappa shape index (κ3) is 5.65. The first-order valence-corrected chi connectivity index (χ1v) is 16.5. The second-order valence-electron chi connectivity index (χ2n) is 12.3. The number of anilines is 1. The topological polar surface area (TPSA) is 67.2 Å². The molecule has 0 bridgehead atoms. The number of likely N-dealkylation sites (tertiary alicyclic amines) is 2. The largest absolute Gasteiger partial charge is 0.497 e. The number of halogens is 1. The minimum atomic E-state index is -0.227. The van der Waals surface area contributed by atoms with E-state index in [1.807, 2.05) is 65.6 Å². The maximum Gasteiger partial charge on any atom is 0.270 e. The number of fused-ring (bicyclic) bond motifs is 2. The fraction of sp³-hybridized carbons (Fsp3) is 0.351. The summed E-state index contributed by atoms with van der Waals surface area (Å²) in [5.41, 5.74) is 5.30. The van der Waals surface area contributed by atoms with Crippen LogP contribution >= 0.6 is 11.6 Å². The Morgan fingerprint density at radius 2 is 1.59 bits per heavy atom. The van der Waals surface area contributed by atoms with Crippen LogP contribution in [0, 0.1) is 0 Å². The van der Waals surface area contributed by atoms with E-state index in [1.54, 1.807) is 31.3 Å². The van der Waals surface area contributed by atoms with Crippen molar-refractivity contribution in [3.8, 4) is 22.6 Å². The van der Waals surface area contributed by atoms with Gasteiger partial charge < -0.3 is 28.7 Å². The number of nitrogens with zero attached hydrogens (tertiary/aromatic N) is 4. The first-order chi connectivity index (χ1) is 22.4. The number of hydrogen-bond donors (Lipinski definition) is 0. The summed E-state index contributed by atoms with van der Waals surface area (Å²) >= 11 is 6.83. The molecule has 3 aromatic carbocycles. The van der Waals surface area contributed by atoms with Crippen molar-refractivity contribution in [2.45, 2.75) is 44.8 Å². The summed E-state index contributed by atoms with van der Waals surface area (Å²) in [6.07, 6.45) is 4.60. The Labute approximate surface area is 275 Å². The average Bonchev–Trinajstić information content (AvgIpc) is 3.74. The van der Waals surface area contributed by atoms with Gasteiger partial charge in [0.05, 0.1) is 32.9 Å². The lowest BCUT2D eigenvalue weighted by molar-refractivity contribution is 0.0634. The SMILES string of the molecule is COc1cccc(-c2cc(OC)c(C(=O)N3Cc4ccc(C(=O)N5CCC(N6CCCC6)CC5)n4Cc4ccccc43)cc2Cl)c1. The van der Waals surface area contributed by atoms with Gasteiger partial charge in [-0.15, -0.1) is 0 Å². The predicted octanol–water partition coefficient (Wildman–Crippen LogP) is 6.73. The Balaban J connectivity index is 1.18. The van der Waals surface area contributed by atoms with Crippen LogP contribution in [0.25, 0.3) is 11.1 Å². The van der Waals surface area contributed by atoms with Gasteiger partial charge in [0.2, 0.25) is 0 Å². The lowest BCUT2D eigenvalue weighted by Gasteiger charge is -2.36. The quantitative estimate of drug-likeness (QED) is 0.234. The number of para-hydroxylation sites is 1. The summed E-state index contributed by atoms with van der Waals surface area (Å²) in [6, 6.07) is 23.5. The Morgan fingerprint density at radius 1 is 0.804 bits per heavy atom. The van der Waals surface area contributed by atoms with E-state index in [1.165, 1.54) is 25.9 Å². The number of benzene rings is 3. The van der Waals surface area contributed by atoms with Crippen molar-refractivity contribution < 1.29 is 19.1 Å². The molecule has 7 rings (SSSR count). The Hall–Kier alpha value is -4.27. The Kier molecular flexibility index (Phi) is 8.49. The first-order valence-electron chi connectivity index (χ1n) is 16.1. The van der Waals surface area contributed by atoms with Crippen LogP contribution in [0.15, 0.2) is 72.8 Å². The number of carbonyl (C=O) groups is 2. The standard InChI is InChI=1S/C37H39ClN4O4/c1-45-29-10-7-9-25(20-29)30-22-35(46-2)31(21-32(30)38)36(43)42-24-28-12-13-34(41(28)23-26-8-3-4-11-33(26)42)37(44)40-18-14-27(15-19-40)39-16-5-6-17-39/h3-4,7-13,20-22,27H,5-6,14-19,23-24H2,1-2H3. The molecule has 8 nitrogen and oxygen atoms in total. The third-order valence-corrected chi connectivity index (χ3v) is 10.1. The predicted molar refractivity (Wildman–Crippen MR) is 180 cm³/mol. The highest BCUT2D eigenvalue weighted by atomic mass is 35.5. The molecule has 0 atom stereocenters. The van der Waals surface area contributed by atoms with Gasteiger partial charge in [0.25, 0.3) is 11.8 Å². The summed E-state index contributed by atoms with van der Waals surface area (Å²) in [5.74, 6) is 0.971. The number of carbonyl (C=O) groups excluding carboxylic acids is 2. The average molecular weight is 639 g/mol. The molecule has 9 heteroatoms. The minimum Gasteiger partial charge on any atom is -0.497 e. The van der Waals surface area contributed by atoms with Crippen LogP contribution in [0.1, 0.15) is 57.8 Å². The van der Waals surface area contributed by atoms with E-state index in [2.05, 4.69) is 9.47 Å². The van der Waals surface area contributed by atoms with Crippen molar-refractivity contribution in [2.24, 2.45) is 0 Å². The first kappa shape index (κ1) is 30.4. The van der Waals surface area contributed by atoms with Gasteiger partial charge in [-0.2, -0.15) is 0 Å². The molecule has 1 aromatic heterocycles. The molecular weight excluding hydrogens is 600 g/mol. The van der Waals surface area contributed by atoms with Crippen LogP contribution in [-0.2, 0) is 13.1 Å². The van der Waals surface area contributed by atoms with Crippen LogP contribution in [-0.4, -0.2) is 72.6 Å². The Bertz CT molecular complexity index is 1770. The summed E-state index contributed by atoms with van der Waals surface area (Å²) in [4.78, 5) is 34.7. The molecule has 3 aliphatic heterocycles. The molecule has 0 radical (unpaired) electrons. The number of piperidine rings is 1. The summed E-state index contributed by atoms with van der Waals surface area (Å²) in [6.45, 7) is 4.72. The molecule has 46 heavy (non-hydrogen) atoms. The van der Waals surface area contributed by atoms with E-state index in [9.17, 15) is 9.59 Å². The van der Waals surface area contributed by atoms with Crippen molar-refractivity contribution in [1.82, 2.24) is 14.4 Å². The van der Waals surface area contributed by atoms with Crippen molar-refractivity contribution >= 4 is 29.1 Å². The number of aromatic nitrogens is 1. The number of methoxy groups -OCH3 is 2. The second-order valence-corrected chi connectivity index (χ2v) is 12.8. The number of ether oxygens (including phenoxy) is 2. The van der Waals surface area contributed by atoms with Gasteiger partial charge in [-0.1, -0.05) is 41.9 Å². The van der Waals surface area contributed by atoms with Gasteiger partial charge in [0.1, 0.15) is 17.2 Å². The lowest BCUT2D eigenvalue weighted by Crippen LogP contribution is -2.46. The van der Waals surface area contributed by atoms with Crippen molar-refractivity contribution in [2.75, 3.05) is 45.3 Å². The fourth-order valence-corrected chi connectivity index (χ4v) is 7.55. The molecule has 0 unspecified atom stereocenters. The second kappa shape index (κ2) is 12.9. The highest BCUT2D eigenvalue weighted by Crippen LogP contribution is 2.38. The zero-order valence-corrected chi connectivity index (χ0v) is 27.1. The molecule has 0 saturated carbocycles. The molecule has 4 heterocycles. The molecule has 4 aromatic rings. The van der Waals surface area contributed by atoms with Crippen molar-refractivity contribution in [3.63, 3.8) is 0 Å². The summed E-state index contributed by atoms with van der Waals surface area (Å²) in [7, 11) is 3.18. The zero-order chi connectivity index (χ0) is 31.8. The van der Waals surface area contributed by atoms with E-state index >= 15 is 0 Å². The monoisotopic (exact) mass is 638 g/mol. The number of rotatable bonds is 6. The summed E-state index contributed by atoms with van der Waals surface area (Å²) in [5, 5.41) is 0.435. The normalized spacial score (nSPS) is 16.9. The third-order valence-electron chi connectivity index (χ3n) is 9.78. The molecule has 2 amide bonds. The molecule has 0 N–H and O–H groups in total. The van der Waals surface area contributed by atoms with Gasteiger partial charge in [-0.05, 0) is 92.4 Å². The number of amides is 2. The highest BCUT2D eigenvalue weighted by Gasteiger charge is 2.33. The Morgan fingerprint density at radius 3 is 2.35 bits per heavy atom. The van der Waals surface area contributed by atoms with Crippen LogP contribution in [0.4, 0.5) is 5.69 Å². The summed E-state index contributed by atoms with van der Waals surface area (Å²) < 4.78 is 13.2. The van der Waals surface area contributed by atoms with Crippen LogP contribution < -0.4 is 14.4 Å². The molecular formula is C37H39ClN4O4. The maximum atomic E-state index is 14.4. The molecule has 3 aliphatic rings. The highest BCUT2D eigenvalue weighted by molar-refractivity contribution is 6.34. The van der Waals surface area contributed by atoms with E-state index in [0.29, 0.717) is 46.9 Å². The van der Waals surface area contributed by atoms with Crippen LogP contribution in [0.5, 0.6) is 11.5 Å².